The van der Waals surface area contributed by atoms with Gasteiger partial charge in [-0.25, -0.2) is 0 Å². The van der Waals surface area contributed by atoms with Crippen molar-refractivity contribution in [2.24, 2.45) is 0 Å². The highest BCUT2D eigenvalue weighted by atomic mass is 35.5. The number of methoxy groups -OCH3 is 1. The lowest BCUT2D eigenvalue weighted by molar-refractivity contribution is -0.132. The molecule has 1 N–H and O–H groups in total. The van der Waals surface area contributed by atoms with Gasteiger partial charge in [0.25, 0.3) is 11.7 Å². The molecule has 0 spiro atoms. The van der Waals surface area contributed by atoms with Crippen molar-refractivity contribution < 1.29 is 19.4 Å². The lowest BCUT2D eigenvalue weighted by Gasteiger charge is -2.26. The van der Waals surface area contributed by atoms with Gasteiger partial charge in [-0.2, -0.15) is 0 Å². The molecule has 1 saturated heterocycles. The zero-order valence-corrected chi connectivity index (χ0v) is 17.8. The highest BCUT2D eigenvalue weighted by Gasteiger charge is 2.47. The highest BCUT2D eigenvalue weighted by molar-refractivity contribution is 6.51. The molecule has 1 unspecified atom stereocenters. The Morgan fingerprint density at radius 1 is 1.00 bits per heavy atom. The number of nitrogens with zero attached hydrogens (tertiary/aromatic N) is 1. The largest absolute Gasteiger partial charge is 0.507 e. The third-order valence-electron chi connectivity index (χ3n) is 5.36. The van der Waals surface area contributed by atoms with E-state index in [4.69, 9.17) is 16.3 Å². The van der Waals surface area contributed by atoms with Crippen LogP contribution in [0.2, 0.25) is 5.02 Å². The van der Waals surface area contributed by atoms with Crippen LogP contribution in [0.15, 0.2) is 78.4 Å². The summed E-state index contributed by atoms with van der Waals surface area (Å²) in [5.74, 6) is -1.28. The van der Waals surface area contributed by atoms with Gasteiger partial charge in [0.1, 0.15) is 11.5 Å². The molecule has 1 fully saturated rings. The topological polar surface area (TPSA) is 66.8 Å². The van der Waals surface area contributed by atoms with Crippen LogP contribution in [0.5, 0.6) is 5.75 Å². The van der Waals surface area contributed by atoms with E-state index in [1.54, 1.807) is 18.2 Å². The number of para-hydroxylation sites is 1. The number of carbonyl (C=O) groups excluding carboxylic acids is 2. The van der Waals surface area contributed by atoms with Crippen LogP contribution in [0.3, 0.4) is 0 Å². The molecule has 5 nitrogen and oxygen atoms in total. The van der Waals surface area contributed by atoms with Gasteiger partial charge < -0.3 is 9.84 Å². The molecule has 0 aromatic heterocycles. The summed E-state index contributed by atoms with van der Waals surface area (Å²) in [6.07, 6.45) is 0. The number of hydrogen-bond donors (Lipinski definition) is 1. The van der Waals surface area contributed by atoms with Crippen LogP contribution < -0.4 is 9.64 Å². The van der Waals surface area contributed by atoms with Crippen LogP contribution in [-0.4, -0.2) is 23.9 Å². The highest BCUT2D eigenvalue weighted by Crippen LogP contribution is 2.43. The molecule has 3 aromatic rings. The second-order valence-corrected chi connectivity index (χ2v) is 7.62. The number of aliphatic hydroxyl groups is 1. The fraction of sp³-hybridized carbons (Fsp3) is 0.120. The Bertz CT molecular complexity index is 1200. The molecule has 1 heterocycles. The van der Waals surface area contributed by atoms with E-state index in [0.29, 0.717) is 22.6 Å². The SMILES string of the molecule is COc1ccc(/C(O)=C2/C(=O)C(=O)N(c3ccccc3C)C2c2ccccc2)cc1Cl. The average molecular weight is 434 g/mol. The summed E-state index contributed by atoms with van der Waals surface area (Å²) in [5, 5.41) is 11.4. The van der Waals surface area contributed by atoms with E-state index in [-0.39, 0.29) is 16.4 Å². The number of Topliss-reactive ketones (excluding diaryl/α,β-unsaturated/α-hetero) is 1. The molecular formula is C25H20ClNO4. The van der Waals surface area contributed by atoms with E-state index in [1.807, 2.05) is 55.5 Å². The molecule has 1 atom stereocenters. The third kappa shape index (κ3) is 3.57. The fourth-order valence-corrected chi connectivity index (χ4v) is 4.09. The minimum Gasteiger partial charge on any atom is -0.507 e. The molecule has 1 aliphatic rings. The van der Waals surface area contributed by atoms with Crippen molar-refractivity contribution in [2.75, 3.05) is 12.0 Å². The van der Waals surface area contributed by atoms with E-state index >= 15 is 0 Å². The van der Waals surface area contributed by atoms with Gasteiger partial charge in [-0.05, 0) is 42.3 Å². The molecule has 0 aliphatic carbocycles. The van der Waals surface area contributed by atoms with Crippen LogP contribution >= 0.6 is 11.6 Å². The smallest absolute Gasteiger partial charge is 0.300 e. The van der Waals surface area contributed by atoms with Crippen molar-refractivity contribution in [2.45, 2.75) is 13.0 Å². The lowest BCUT2D eigenvalue weighted by atomic mass is 9.95. The first kappa shape index (κ1) is 20.7. The van der Waals surface area contributed by atoms with Gasteiger partial charge in [0.2, 0.25) is 0 Å². The van der Waals surface area contributed by atoms with Gasteiger partial charge in [0.05, 0.1) is 23.7 Å². The predicted molar refractivity (Wildman–Crippen MR) is 120 cm³/mol. The first-order valence-corrected chi connectivity index (χ1v) is 10.1. The summed E-state index contributed by atoms with van der Waals surface area (Å²) in [5.41, 5.74) is 2.52. The quantitative estimate of drug-likeness (QED) is 0.345. The molecule has 1 amide bonds. The van der Waals surface area contributed by atoms with E-state index in [0.717, 1.165) is 5.56 Å². The molecule has 6 heteroatoms. The van der Waals surface area contributed by atoms with E-state index in [2.05, 4.69) is 0 Å². The molecule has 0 bridgehead atoms. The number of aryl methyl sites for hydroxylation is 1. The maximum atomic E-state index is 13.1. The van der Waals surface area contributed by atoms with Gasteiger partial charge in [-0.3, -0.25) is 14.5 Å². The fourth-order valence-electron chi connectivity index (χ4n) is 3.83. The zero-order valence-electron chi connectivity index (χ0n) is 17.0. The Labute approximate surface area is 185 Å². The van der Waals surface area contributed by atoms with E-state index in [9.17, 15) is 14.7 Å². The number of benzene rings is 3. The normalized spacial score (nSPS) is 17.8. The van der Waals surface area contributed by atoms with Crippen LogP contribution in [0.4, 0.5) is 5.69 Å². The predicted octanol–water partition coefficient (Wildman–Crippen LogP) is 5.28. The summed E-state index contributed by atoms with van der Waals surface area (Å²) in [6.45, 7) is 1.87. The second kappa shape index (κ2) is 8.28. The minimum absolute atomic E-state index is 0.0145. The molecule has 0 radical (unpaired) electrons. The first-order chi connectivity index (χ1) is 14.9. The zero-order chi connectivity index (χ0) is 22.1. The van der Waals surface area contributed by atoms with Crippen molar-refractivity contribution in [1.29, 1.82) is 0 Å². The molecule has 3 aromatic carbocycles. The second-order valence-electron chi connectivity index (χ2n) is 7.22. The summed E-state index contributed by atoms with van der Waals surface area (Å²) in [6, 6.07) is 20.5. The maximum absolute atomic E-state index is 13.1. The van der Waals surface area contributed by atoms with E-state index in [1.165, 1.54) is 18.1 Å². The number of anilines is 1. The first-order valence-electron chi connectivity index (χ1n) is 9.69. The number of ether oxygens (including phenoxy) is 1. The number of aliphatic hydroxyl groups excluding tert-OH is 1. The van der Waals surface area contributed by atoms with Crippen molar-refractivity contribution in [3.63, 3.8) is 0 Å². The summed E-state index contributed by atoms with van der Waals surface area (Å²) < 4.78 is 5.16. The Balaban J connectivity index is 1.95. The standard InChI is InChI=1S/C25H20ClNO4/c1-15-8-6-7-11-19(15)27-22(16-9-4-3-5-10-16)21(24(29)25(27)30)23(28)17-12-13-20(31-2)18(26)14-17/h3-14,22,28H,1-2H3/b23-21-. The van der Waals surface area contributed by atoms with Crippen molar-refractivity contribution in [3.05, 3.63) is 100 Å². The summed E-state index contributed by atoms with van der Waals surface area (Å²) in [4.78, 5) is 27.7. The van der Waals surface area contributed by atoms with Crippen molar-refractivity contribution in [1.82, 2.24) is 0 Å². The van der Waals surface area contributed by atoms with Crippen LogP contribution in [0.1, 0.15) is 22.7 Å². The molecular weight excluding hydrogens is 414 g/mol. The Morgan fingerprint density at radius 2 is 1.68 bits per heavy atom. The Kier molecular flexibility index (Phi) is 5.53. The molecule has 0 saturated carbocycles. The molecule has 156 valence electrons. The summed E-state index contributed by atoms with van der Waals surface area (Å²) in [7, 11) is 1.49. The molecule has 4 rings (SSSR count). The molecule has 31 heavy (non-hydrogen) atoms. The number of hydrogen-bond acceptors (Lipinski definition) is 4. The molecule has 1 aliphatic heterocycles. The van der Waals surface area contributed by atoms with Crippen molar-refractivity contribution >= 4 is 34.7 Å². The van der Waals surface area contributed by atoms with Gasteiger partial charge in [0.15, 0.2) is 0 Å². The Hall–Kier alpha value is -3.57. The average Bonchev–Trinajstić information content (AvgIpc) is 3.04. The van der Waals surface area contributed by atoms with Crippen molar-refractivity contribution in [3.8, 4) is 5.75 Å². The lowest BCUT2D eigenvalue weighted by Crippen LogP contribution is -2.30. The third-order valence-corrected chi connectivity index (χ3v) is 5.66. The monoisotopic (exact) mass is 433 g/mol. The Morgan fingerprint density at radius 3 is 2.32 bits per heavy atom. The number of amides is 1. The van der Waals surface area contributed by atoms with Crippen LogP contribution in [0.25, 0.3) is 5.76 Å². The number of halogens is 1. The number of rotatable bonds is 4. The van der Waals surface area contributed by atoms with Crippen LogP contribution in [0, 0.1) is 6.92 Å². The van der Waals surface area contributed by atoms with Gasteiger partial charge in [0, 0.05) is 11.3 Å². The number of ketones is 1. The van der Waals surface area contributed by atoms with Gasteiger partial charge >= 0.3 is 0 Å². The number of carbonyl (C=O) groups is 2. The maximum Gasteiger partial charge on any atom is 0.300 e. The van der Waals surface area contributed by atoms with E-state index < -0.39 is 17.7 Å². The summed E-state index contributed by atoms with van der Waals surface area (Å²) >= 11 is 6.22. The minimum atomic E-state index is -0.775. The van der Waals surface area contributed by atoms with Gasteiger partial charge in [-0.15, -0.1) is 0 Å². The van der Waals surface area contributed by atoms with Gasteiger partial charge in [-0.1, -0.05) is 60.1 Å². The van der Waals surface area contributed by atoms with Crippen LogP contribution in [-0.2, 0) is 9.59 Å².